The smallest absolute Gasteiger partial charge is 0.258 e. The van der Waals surface area contributed by atoms with Gasteiger partial charge >= 0.3 is 0 Å². The summed E-state index contributed by atoms with van der Waals surface area (Å²) in [6, 6.07) is 2.52. The van der Waals surface area contributed by atoms with Crippen LogP contribution in [0.5, 0.6) is 0 Å². The lowest BCUT2D eigenvalue weighted by Gasteiger charge is -2.26. The molecule has 0 unspecified atom stereocenters. The summed E-state index contributed by atoms with van der Waals surface area (Å²) in [6.45, 7) is 1.50. The largest absolute Gasteiger partial charge is 0.395 e. The van der Waals surface area contributed by atoms with E-state index in [1.807, 2.05) is 16.8 Å². The molecular formula is C14H19N3O2S. The number of rotatable bonds is 6. The molecule has 108 valence electrons. The second-order valence-electron chi connectivity index (χ2n) is 5.16. The van der Waals surface area contributed by atoms with Gasteiger partial charge in [0.05, 0.1) is 18.7 Å². The lowest BCUT2D eigenvalue weighted by atomic mass is 10.2. The maximum atomic E-state index is 9.23. The molecule has 0 atom stereocenters. The Bertz CT molecular complexity index is 520. The van der Waals surface area contributed by atoms with E-state index < -0.39 is 0 Å². The van der Waals surface area contributed by atoms with E-state index in [2.05, 4.69) is 15.0 Å². The average Bonchev–Trinajstić information content (AvgIpc) is 3.20. The minimum Gasteiger partial charge on any atom is -0.395 e. The van der Waals surface area contributed by atoms with Crippen LogP contribution in [0.15, 0.2) is 21.3 Å². The van der Waals surface area contributed by atoms with Crippen molar-refractivity contribution in [3.05, 3.63) is 22.7 Å². The predicted molar refractivity (Wildman–Crippen MR) is 77.4 cm³/mol. The monoisotopic (exact) mass is 293 g/mol. The molecule has 20 heavy (non-hydrogen) atoms. The first-order chi connectivity index (χ1) is 9.86. The molecule has 0 spiro atoms. The number of aliphatic hydroxyl groups excluding tert-OH is 1. The van der Waals surface area contributed by atoms with Crippen LogP contribution in [0.1, 0.15) is 31.5 Å². The van der Waals surface area contributed by atoms with Crippen LogP contribution < -0.4 is 0 Å². The van der Waals surface area contributed by atoms with Crippen LogP contribution in [-0.4, -0.2) is 39.3 Å². The predicted octanol–water partition coefficient (Wildman–Crippen LogP) is 2.54. The van der Waals surface area contributed by atoms with Gasteiger partial charge in [-0.15, -0.1) is 0 Å². The Kier molecular flexibility index (Phi) is 4.44. The summed E-state index contributed by atoms with van der Waals surface area (Å²) in [6.07, 6.45) is 4.96. The average molecular weight is 293 g/mol. The van der Waals surface area contributed by atoms with Gasteiger partial charge in [0.2, 0.25) is 0 Å². The summed E-state index contributed by atoms with van der Waals surface area (Å²) in [7, 11) is 0. The van der Waals surface area contributed by atoms with Crippen molar-refractivity contribution in [3.63, 3.8) is 0 Å². The molecular weight excluding hydrogens is 274 g/mol. The van der Waals surface area contributed by atoms with Gasteiger partial charge in [-0.3, -0.25) is 4.90 Å². The van der Waals surface area contributed by atoms with Crippen molar-refractivity contribution in [1.82, 2.24) is 15.0 Å². The number of hydrogen-bond donors (Lipinski definition) is 1. The first-order valence-electron chi connectivity index (χ1n) is 7.07. The highest BCUT2D eigenvalue weighted by atomic mass is 32.1. The van der Waals surface area contributed by atoms with Gasteiger partial charge in [-0.25, -0.2) is 0 Å². The number of thiophene rings is 1. The topological polar surface area (TPSA) is 62.4 Å². The van der Waals surface area contributed by atoms with Gasteiger partial charge in [0, 0.05) is 18.0 Å². The summed E-state index contributed by atoms with van der Waals surface area (Å²) >= 11 is 1.61. The first-order valence-corrected chi connectivity index (χ1v) is 8.01. The Morgan fingerprint density at radius 3 is 2.95 bits per heavy atom. The molecule has 2 aromatic rings. The Morgan fingerprint density at radius 1 is 1.40 bits per heavy atom. The molecule has 0 radical (unpaired) electrons. The molecule has 6 heteroatoms. The molecule has 3 rings (SSSR count). The fourth-order valence-corrected chi connectivity index (χ4v) is 3.42. The molecule has 1 N–H and O–H groups in total. The van der Waals surface area contributed by atoms with Gasteiger partial charge in [0.25, 0.3) is 5.89 Å². The fraction of sp³-hybridized carbons (Fsp3) is 0.571. The second kappa shape index (κ2) is 6.47. The number of aliphatic hydroxyl groups is 1. The van der Waals surface area contributed by atoms with Crippen molar-refractivity contribution in [3.8, 4) is 11.5 Å². The Labute approximate surface area is 122 Å². The van der Waals surface area contributed by atoms with E-state index in [0.717, 1.165) is 5.56 Å². The van der Waals surface area contributed by atoms with E-state index in [9.17, 15) is 5.11 Å². The molecule has 1 aliphatic rings. The number of aromatic nitrogens is 2. The third kappa shape index (κ3) is 3.08. The van der Waals surface area contributed by atoms with Gasteiger partial charge in [-0.1, -0.05) is 18.0 Å². The van der Waals surface area contributed by atoms with Gasteiger partial charge < -0.3 is 9.63 Å². The summed E-state index contributed by atoms with van der Waals surface area (Å²) in [5, 5.41) is 17.3. The molecule has 0 aromatic carbocycles. The van der Waals surface area contributed by atoms with Crippen molar-refractivity contribution < 1.29 is 9.63 Å². The van der Waals surface area contributed by atoms with E-state index in [1.54, 1.807) is 11.3 Å². The van der Waals surface area contributed by atoms with Crippen molar-refractivity contribution in [2.45, 2.75) is 38.3 Å². The maximum absolute atomic E-state index is 9.23. The highest BCUT2D eigenvalue weighted by Crippen LogP contribution is 2.25. The van der Waals surface area contributed by atoms with Crippen molar-refractivity contribution in [2.75, 3.05) is 13.2 Å². The van der Waals surface area contributed by atoms with Crippen LogP contribution >= 0.6 is 11.3 Å². The summed E-state index contributed by atoms with van der Waals surface area (Å²) in [4.78, 5) is 6.72. The van der Waals surface area contributed by atoms with Crippen LogP contribution in [0.3, 0.4) is 0 Å². The van der Waals surface area contributed by atoms with E-state index in [-0.39, 0.29) is 6.61 Å². The molecule has 0 aliphatic heterocycles. The molecule has 1 saturated carbocycles. The molecule has 2 aromatic heterocycles. The highest BCUT2D eigenvalue weighted by molar-refractivity contribution is 7.08. The number of hydrogen-bond acceptors (Lipinski definition) is 6. The first kappa shape index (κ1) is 13.7. The zero-order valence-corrected chi connectivity index (χ0v) is 12.2. The van der Waals surface area contributed by atoms with Crippen molar-refractivity contribution in [1.29, 1.82) is 0 Å². The lowest BCUT2D eigenvalue weighted by molar-refractivity contribution is 0.140. The Balaban J connectivity index is 1.68. The molecule has 0 bridgehead atoms. The minimum absolute atomic E-state index is 0.172. The molecule has 1 aliphatic carbocycles. The SMILES string of the molecule is OCCN(Cc1noc(-c2ccsc2)n1)C1CCCC1. The summed E-state index contributed by atoms with van der Waals surface area (Å²) < 4.78 is 5.31. The van der Waals surface area contributed by atoms with E-state index in [1.165, 1.54) is 25.7 Å². The van der Waals surface area contributed by atoms with Crippen LogP contribution in [0, 0.1) is 0 Å². The lowest BCUT2D eigenvalue weighted by Crippen LogP contribution is -2.35. The third-order valence-electron chi connectivity index (χ3n) is 3.81. The fourth-order valence-electron chi connectivity index (χ4n) is 2.79. The van der Waals surface area contributed by atoms with Gasteiger partial charge in [-0.05, 0) is 24.3 Å². The zero-order valence-electron chi connectivity index (χ0n) is 11.4. The van der Waals surface area contributed by atoms with E-state index in [4.69, 9.17) is 4.52 Å². The van der Waals surface area contributed by atoms with Crippen LogP contribution in [-0.2, 0) is 6.54 Å². The van der Waals surface area contributed by atoms with E-state index in [0.29, 0.717) is 30.8 Å². The standard InChI is InChI=1S/C14H19N3O2S/c18-7-6-17(12-3-1-2-4-12)9-13-15-14(19-16-13)11-5-8-20-10-11/h5,8,10,12,18H,1-4,6-7,9H2. The van der Waals surface area contributed by atoms with Crippen LogP contribution in [0.25, 0.3) is 11.5 Å². The molecule has 0 saturated heterocycles. The summed E-state index contributed by atoms with van der Waals surface area (Å²) in [5.74, 6) is 1.28. The molecule has 1 fully saturated rings. The molecule has 2 heterocycles. The van der Waals surface area contributed by atoms with Gasteiger partial charge in [-0.2, -0.15) is 16.3 Å². The van der Waals surface area contributed by atoms with Crippen molar-refractivity contribution in [2.24, 2.45) is 0 Å². The maximum Gasteiger partial charge on any atom is 0.258 e. The Morgan fingerprint density at radius 2 is 2.25 bits per heavy atom. The minimum atomic E-state index is 0.172. The second-order valence-corrected chi connectivity index (χ2v) is 5.94. The van der Waals surface area contributed by atoms with Gasteiger partial charge in [0.1, 0.15) is 0 Å². The third-order valence-corrected chi connectivity index (χ3v) is 4.49. The molecule has 5 nitrogen and oxygen atoms in total. The summed E-state index contributed by atoms with van der Waals surface area (Å²) in [5.41, 5.74) is 0.975. The highest BCUT2D eigenvalue weighted by Gasteiger charge is 2.23. The quantitative estimate of drug-likeness (QED) is 0.886. The molecule has 0 amide bonds. The number of nitrogens with zero attached hydrogens (tertiary/aromatic N) is 3. The normalized spacial score (nSPS) is 16.3. The van der Waals surface area contributed by atoms with Crippen LogP contribution in [0.4, 0.5) is 0 Å². The van der Waals surface area contributed by atoms with Crippen LogP contribution in [0.2, 0.25) is 0 Å². The Hall–Kier alpha value is -1.24. The van der Waals surface area contributed by atoms with Gasteiger partial charge in [0.15, 0.2) is 5.82 Å². The zero-order chi connectivity index (χ0) is 13.8. The van der Waals surface area contributed by atoms with E-state index >= 15 is 0 Å². The van der Waals surface area contributed by atoms with Crippen molar-refractivity contribution >= 4 is 11.3 Å².